The Morgan fingerprint density at radius 3 is 1.27 bits per heavy atom. The van der Waals surface area contributed by atoms with Crippen LogP contribution in [0, 0.1) is 52.8 Å². The molecule has 10 aliphatic rings. The highest BCUT2D eigenvalue weighted by Gasteiger charge is 2.76. The Labute approximate surface area is 453 Å². The second kappa shape index (κ2) is 23.9. The minimum Gasteiger partial charge on any atom is -0.375 e. The van der Waals surface area contributed by atoms with E-state index in [0.29, 0.717) is 60.6 Å². The lowest BCUT2D eigenvalue weighted by molar-refractivity contribution is -0.382. The van der Waals surface area contributed by atoms with Crippen molar-refractivity contribution >= 4 is 29.7 Å². The summed E-state index contributed by atoms with van der Waals surface area (Å²) in [4.78, 5) is 74.2. The van der Waals surface area contributed by atoms with Gasteiger partial charge in [-0.15, -0.1) is 0 Å². The first-order valence-corrected chi connectivity index (χ1v) is 31.0. The first-order valence-electron chi connectivity index (χ1n) is 31.0. The van der Waals surface area contributed by atoms with Crippen LogP contribution in [0.25, 0.3) is 0 Å². The average Bonchev–Trinajstić information content (AvgIpc) is 3.94. The zero-order chi connectivity index (χ0) is 54.4. The summed E-state index contributed by atoms with van der Waals surface area (Å²) in [6.07, 6.45) is 11.4. The molecule has 2 heterocycles. The molecule has 6 amide bonds. The molecule has 3 unspecified atom stereocenters. The maximum absolute atomic E-state index is 15.5. The van der Waals surface area contributed by atoms with E-state index in [1.54, 1.807) is 9.80 Å². The van der Waals surface area contributed by atoms with Crippen LogP contribution in [0.1, 0.15) is 219 Å². The van der Waals surface area contributed by atoms with Crippen LogP contribution in [0.2, 0.25) is 0 Å². The van der Waals surface area contributed by atoms with Crippen LogP contribution >= 0.6 is 0 Å². The van der Waals surface area contributed by atoms with Crippen molar-refractivity contribution in [2.24, 2.45) is 52.8 Å². The lowest BCUT2D eigenvalue weighted by atomic mass is 9.57. The molecule has 0 spiro atoms. The number of ether oxygens (including phenoxy) is 2. The summed E-state index contributed by atoms with van der Waals surface area (Å²) in [5, 5.41) is 0. The number of Topliss-reactive ketones (excluding diaryl/α,β-unsaturated/α-hetero) is 1. The fourth-order valence-corrected chi connectivity index (χ4v) is 17.8. The zero-order valence-corrected chi connectivity index (χ0v) is 46.2. The van der Waals surface area contributed by atoms with Gasteiger partial charge in [-0.2, -0.15) is 26.3 Å². The summed E-state index contributed by atoms with van der Waals surface area (Å²) < 4.78 is 106. The molecule has 77 heavy (non-hydrogen) atoms. The van der Waals surface area contributed by atoms with Crippen molar-refractivity contribution in [2.45, 2.75) is 280 Å². The van der Waals surface area contributed by atoms with Gasteiger partial charge in [0.05, 0.1) is 24.4 Å². The van der Waals surface area contributed by atoms with Crippen LogP contribution in [-0.2, 0) is 23.9 Å². The number of ketones is 1. The van der Waals surface area contributed by atoms with Crippen molar-refractivity contribution in [2.75, 3.05) is 13.1 Å². The Morgan fingerprint density at radius 2 is 0.831 bits per heavy atom. The van der Waals surface area contributed by atoms with Gasteiger partial charge in [-0.25, -0.2) is 9.59 Å². The Morgan fingerprint density at radius 1 is 0.442 bits per heavy atom. The molecule has 11 nitrogen and oxygen atoms in total. The van der Waals surface area contributed by atoms with Crippen LogP contribution in [0.3, 0.4) is 0 Å². The van der Waals surface area contributed by atoms with Gasteiger partial charge in [-0.05, 0) is 222 Å². The van der Waals surface area contributed by atoms with Crippen LogP contribution in [0.15, 0.2) is 0 Å². The molecule has 10 rings (SSSR count). The van der Waals surface area contributed by atoms with Crippen molar-refractivity contribution in [3.63, 3.8) is 0 Å². The minimum absolute atomic E-state index is 0.0441. The van der Waals surface area contributed by atoms with Crippen LogP contribution in [0.4, 0.5) is 35.9 Å². The Kier molecular flexibility index (Phi) is 17.8. The van der Waals surface area contributed by atoms with E-state index < -0.39 is 91.2 Å². The zero-order valence-electron chi connectivity index (χ0n) is 46.2. The third-order valence-electron chi connectivity index (χ3n) is 22.3. The maximum atomic E-state index is 15.5. The molecular weight excluding hydrogens is 1000 g/mol. The van der Waals surface area contributed by atoms with Crippen molar-refractivity contribution in [3.8, 4) is 0 Å². The van der Waals surface area contributed by atoms with Crippen LogP contribution in [-0.4, -0.2) is 123 Å². The molecule has 3 atom stereocenters. The van der Waals surface area contributed by atoms with Gasteiger partial charge in [0.25, 0.3) is 11.8 Å². The molecule has 434 valence electrons. The number of amides is 6. The number of hydrogen-bond acceptors (Lipinski definition) is 7. The quantitative estimate of drug-likeness (QED) is 0.133. The molecule has 10 fully saturated rings. The molecule has 0 N–H and O–H groups in total. The fourth-order valence-electron chi connectivity index (χ4n) is 17.8. The van der Waals surface area contributed by atoms with E-state index >= 15 is 26.3 Å². The second-order valence-electron chi connectivity index (χ2n) is 26.7. The van der Waals surface area contributed by atoms with E-state index in [9.17, 15) is 24.0 Å². The topological polar surface area (TPSA) is 117 Å². The summed E-state index contributed by atoms with van der Waals surface area (Å²) in [6.45, 7) is 4.11. The van der Waals surface area contributed by atoms with Gasteiger partial charge < -0.3 is 19.3 Å². The van der Waals surface area contributed by atoms with Crippen molar-refractivity contribution in [3.05, 3.63) is 0 Å². The monoisotopic (exact) mass is 1090 g/mol. The summed E-state index contributed by atoms with van der Waals surface area (Å²) in [5.74, 6) is -2.28. The highest BCUT2D eigenvalue weighted by atomic mass is 19.4. The Hall–Kier alpha value is -2.95. The predicted molar refractivity (Wildman–Crippen MR) is 277 cm³/mol. The Balaban J connectivity index is 0.680. The van der Waals surface area contributed by atoms with Gasteiger partial charge in [0, 0.05) is 36.0 Å². The fraction of sp³-hybridized carbons (Fsp3) is 0.917. The summed E-state index contributed by atoms with van der Waals surface area (Å²) in [6, 6.07) is -2.82. The van der Waals surface area contributed by atoms with Crippen molar-refractivity contribution in [1.82, 2.24) is 19.6 Å². The predicted octanol–water partition coefficient (Wildman–Crippen LogP) is 13.7. The number of carbonyl (C=O) groups excluding carboxylic acids is 5. The molecule has 17 heteroatoms. The highest BCUT2D eigenvalue weighted by Crippen LogP contribution is 2.65. The van der Waals surface area contributed by atoms with E-state index in [1.807, 2.05) is 0 Å². The molecule has 0 aromatic carbocycles. The van der Waals surface area contributed by atoms with E-state index in [4.69, 9.17) is 9.47 Å². The first kappa shape index (κ1) is 57.3. The van der Waals surface area contributed by atoms with Gasteiger partial charge >= 0.3 is 24.4 Å². The lowest BCUT2D eigenvalue weighted by Crippen LogP contribution is -2.61. The normalized spacial score (nSPS) is 38.9. The molecule has 0 bridgehead atoms. The number of alkyl halides is 6. The molecule has 8 aliphatic carbocycles. The molecule has 0 aromatic heterocycles. The SMILES string of the molecule is CC1CCC(N2CC(=O)N(C3CCC(C(C4CCC(N5C(=O)CN(C6CCC(C7CCC(C)C(C(=O)C8CCC(OC9CCC(OC%10CCCCC%10)CC9)CC8)C7)CC6)C5=O)CC4)(C(F)(F)F)C(F)(F)F)CC3)C2=O)CC1. The summed E-state index contributed by atoms with van der Waals surface area (Å²) in [5.41, 5.74) is -4.01. The number of hydrogen-bond donors (Lipinski definition) is 0. The largest absolute Gasteiger partial charge is 0.403 e. The van der Waals surface area contributed by atoms with Crippen LogP contribution < -0.4 is 0 Å². The minimum atomic E-state index is -5.63. The number of rotatable bonds is 13. The molecule has 0 radical (unpaired) electrons. The van der Waals surface area contributed by atoms with Crippen molar-refractivity contribution in [1.29, 1.82) is 0 Å². The van der Waals surface area contributed by atoms with E-state index in [2.05, 4.69) is 13.8 Å². The standard InChI is InChI=1S/C60H90F6N4O7/c1-37-8-20-44(21-9-37)67-35-53(71)69(56(67)74)46-24-16-42(17-25-46)58(59(61,62)63,60(64,65)66)43-18-26-47(27-19-43)70-54(72)36-68(57(70)75)45-22-12-39(13-23-45)41-11-10-38(2)52(34-41)55(73)40-14-28-49(29-15-40)77-51-32-30-50(31-33-51)76-48-6-4-3-5-7-48/h37-52H,3-36H2,1-2H3. The summed E-state index contributed by atoms with van der Waals surface area (Å²) in [7, 11) is 0. The van der Waals surface area contributed by atoms with E-state index in [0.717, 1.165) is 119 Å². The number of urea groups is 2. The summed E-state index contributed by atoms with van der Waals surface area (Å²) >= 11 is 0. The third kappa shape index (κ3) is 11.9. The molecular formula is C60H90F6N4O7. The smallest absolute Gasteiger partial charge is 0.375 e. The van der Waals surface area contributed by atoms with E-state index in [1.165, 1.54) is 32.1 Å². The average molecular weight is 1090 g/mol. The Bertz CT molecular complexity index is 2040. The molecule has 8 saturated carbocycles. The number of imide groups is 2. The molecule has 2 aliphatic heterocycles. The second-order valence-corrected chi connectivity index (χ2v) is 26.7. The lowest BCUT2D eigenvalue weighted by Gasteiger charge is -2.52. The van der Waals surface area contributed by atoms with Crippen molar-refractivity contribution < 1.29 is 59.8 Å². The van der Waals surface area contributed by atoms with E-state index in [-0.39, 0.29) is 68.8 Å². The number of halogens is 6. The highest BCUT2D eigenvalue weighted by molar-refractivity contribution is 6.03. The maximum Gasteiger partial charge on any atom is 0.403 e. The van der Waals surface area contributed by atoms with Gasteiger partial charge in [0.15, 0.2) is 5.41 Å². The van der Waals surface area contributed by atoms with Gasteiger partial charge in [-0.1, -0.05) is 33.1 Å². The molecule has 0 aromatic rings. The van der Waals surface area contributed by atoms with Gasteiger partial charge in [0.2, 0.25) is 0 Å². The third-order valence-corrected chi connectivity index (χ3v) is 22.3. The van der Waals surface area contributed by atoms with Crippen LogP contribution in [0.5, 0.6) is 0 Å². The molecule has 2 saturated heterocycles. The number of nitrogens with zero attached hydrogens (tertiary/aromatic N) is 4. The van der Waals surface area contributed by atoms with Gasteiger partial charge in [-0.3, -0.25) is 24.2 Å². The van der Waals surface area contributed by atoms with Gasteiger partial charge in [0.1, 0.15) is 18.9 Å². The first-order chi connectivity index (χ1) is 36.8. The number of carbonyl (C=O) groups is 5.